The van der Waals surface area contributed by atoms with Crippen LogP contribution in [0.2, 0.25) is 0 Å². The standard InChI is InChI=1S/C17H18FN3O.2ClH/c1-12-4-2-7-15(20-12)17(22)21-9-8-19-11-16(21)13-5-3-6-14(18)10-13;;/h2-7,10,16,19H,8-9,11H2,1H3;2*1H. The van der Waals surface area contributed by atoms with Crippen LogP contribution in [0, 0.1) is 12.7 Å². The number of halogens is 3. The minimum absolute atomic E-state index is 0. The third kappa shape index (κ3) is 4.44. The Morgan fingerprint density at radius 2 is 2.00 bits per heavy atom. The average Bonchev–Trinajstić information content (AvgIpc) is 2.54. The Morgan fingerprint density at radius 3 is 2.71 bits per heavy atom. The molecule has 2 heterocycles. The predicted octanol–water partition coefficient (Wildman–Crippen LogP) is 3.16. The van der Waals surface area contributed by atoms with Crippen LogP contribution in [0.4, 0.5) is 4.39 Å². The number of piperazine rings is 1. The van der Waals surface area contributed by atoms with Crippen molar-refractivity contribution in [2.24, 2.45) is 0 Å². The van der Waals surface area contributed by atoms with Crippen molar-refractivity contribution in [3.63, 3.8) is 0 Å². The highest BCUT2D eigenvalue weighted by Crippen LogP contribution is 2.24. The zero-order valence-corrected chi connectivity index (χ0v) is 14.9. The Morgan fingerprint density at radius 1 is 1.25 bits per heavy atom. The summed E-state index contributed by atoms with van der Waals surface area (Å²) in [5, 5.41) is 3.26. The van der Waals surface area contributed by atoms with Crippen molar-refractivity contribution in [3.05, 3.63) is 65.2 Å². The summed E-state index contributed by atoms with van der Waals surface area (Å²) in [4.78, 5) is 18.8. The molecule has 1 amide bonds. The van der Waals surface area contributed by atoms with E-state index in [0.29, 0.717) is 18.8 Å². The molecule has 3 rings (SSSR count). The number of carbonyl (C=O) groups is 1. The molecule has 1 aliphatic heterocycles. The molecule has 130 valence electrons. The van der Waals surface area contributed by atoms with E-state index in [0.717, 1.165) is 17.8 Å². The summed E-state index contributed by atoms with van der Waals surface area (Å²) >= 11 is 0. The van der Waals surface area contributed by atoms with Crippen LogP contribution >= 0.6 is 24.8 Å². The highest BCUT2D eigenvalue weighted by Gasteiger charge is 2.29. The maximum atomic E-state index is 13.5. The number of benzene rings is 1. The van der Waals surface area contributed by atoms with Gasteiger partial charge in [-0.15, -0.1) is 24.8 Å². The third-order valence-electron chi connectivity index (χ3n) is 3.85. The van der Waals surface area contributed by atoms with Gasteiger partial charge in [-0.3, -0.25) is 4.79 Å². The van der Waals surface area contributed by atoms with Gasteiger partial charge >= 0.3 is 0 Å². The molecule has 1 aliphatic rings. The summed E-state index contributed by atoms with van der Waals surface area (Å²) in [5.74, 6) is -0.399. The van der Waals surface area contributed by atoms with Crippen LogP contribution in [0.1, 0.15) is 27.8 Å². The minimum Gasteiger partial charge on any atom is -0.328 e. The van der Waals surface area contributed by atoms with Crippen molar-refractivity contribution < 1.29 is 9.18 Å². The Kier molecular flexibility index (Phi) is 7.60. The monoisotopic (exact) mass is 371 g/mol. The van der Waals surface area contributed by atoms with E-state index in [-0.39, 0.29) is 42.6 Å². The van der Waals surface area contributed by atoms with E-state index in [1.54, 1.807) is 17.0 Å². The van der Waals surface area contributed by atoms with Crippen molar-refractivity contribution in [2.75, 3.05) is 19.6 Å². The van der Waals surface area contributed by atoms with E-state index in [1.165, 1.54) is 12.1 Å². The topological polar surface area (TPSA) is 45.2 Å². The number of hydrogen-bond donors (Lipinski definition) is 1. The fraction of sp³-hybridized carbons (Fsp3) is 0.294. The lowest BCUT2D eigenvalue weighted by Gasteiger charge is -2.36. The molecule has 1 aromatic carbocycles. The number of nitrogens with one attached hydrogen (secondary N) is 1. The summed E-state index contributed by atoms with van der Waals surface area (Å²) in [6.45, 7) is 3.78. The van der Waals surface area contributed by atoms with Gasteiger partial charge in [-0.05, 0) is 36.8 Å². The second kappa shape index (κ2) is 8.97. The molecule has 0 bridgehead atoms. The Labute approximate surface area is 153 Å². The van der Waals surface area contributed by atoms with Gasteiger partial charge in [-0.2, -0.15) is 0 Å². The molecule has 1 aromatic heterocycles. The van der Waals surface area contributed by atoms with Gasteiger partial charge in [0.2, 0.25) is 0 Å². The zero-order chi connectivity index (χ0) is 15.5. The van der Waals surface area contributed by atoms with Crippen molar-refractivity contribution in [2.45, 2.75) is 13.0 Å². The maximum absolute atomic E-state index is 13.5. The molecule has 1 atom stereocenters. The summed E-state index contributed by atoms with van der Waals surface area (Å²) in [6.07, 6.45) is 0. The van der Waals surface area contributed by atoms with E-state index in [2.05, 4.69) is 10.3 Å². The van der Waals surface area contributed by atoms with Gasteiger partial charge in [0.15, 0.2) is 0 Å². The smallest absolute Gasteiger partial charge is 0.273 e. The molecular formula is C17H20Cl2FN3O. The van der Waals surface area contributed by atoms with Crippen LogP contribution in [-0.4, -0.2) is 35.4 Å². The Hall–Kier alpha value is -1.69. The summed E-state index contributed by atoms with van der Waals surface area (Å²) in [7, 11) is 0. The van der Waals surface area contributed by atoms with Crippen molar-refractivity contribution in [1.82, 2.24) is 15.2 Å². The lowest BCUT2D eigenvalue weighted by Crippen LogP contribution is -2.48. The van der Waals surface area contributed by atoms with Crippen molar-refractivity contribution in [1.29, 1.82) is 0 Å². The average molecular weight is 372 g/mol. The lowest BCUT2D eigenvalue weighted by molar-refractivity contribution is 0.0627. The lowest BCUT2D eigenvalue weighted by atomic mass is 10.0. The molecule has 1 N–H and O–H groups in total. The number of nitrogens with zero attached hydrogens (tertiary/aromatic N) is 2. The van der Waals surface area contributed by atoms with Gasteiger partial charge in [-0.1, -0.05) is 18.2 Å². The van der Waals surface area contributed by atoms with E-state index in [9.17, 15) is 9.18 Å². The van der Waals surface area contributed by atoms with Crippen molar-refractivity contribution in [3.8, 4) is 0 Å². The van der Waals surface area contributed by atoms with E-state index in [4.69, 9.17) is 0 Å². The van der Waals surface area contributed by atoms with Crippen LogP contribution in [0.3, 0.4) is 0 Å². The highest BCUT2D eigenvalue weighted by atomic mass is 35.5. The van der Waals surface area contributed by atoms with Crippen LogP contribution in [-0.2, 0) is 0 Å². The largest absolute Gasteiger partial charge is 0.328 e. The molecule has 4 nitrogen and oxygen atoms in total. The molecule has 0 aliphatic carbocycles. The van der Waals surface area contributed by atoms with Gasteiger partial charge in [0.1, 0.15) is 11.5 Å². The quantitative estimate of drug-likeness (QED) is 0.881. The molecule has 1 unspecified atom stereocenters. The number of carbonyl (C=O) groups excluding carboxylic acids is 1. The summed E-state index contributed by atoms with van der Waals surface area (Å²) in [6, 6.07) is 11.7. The third-order valence-corrected chi connectivity index (χ3v) is 3.85. The summed E-state index contributed by atoms with van der Waals surface area (Å²) < 4.78 is 13.5. The minimum atomic E-state index is -0.288. The first-order chi connectivity index (χ1) is 10.6. The molecule has 0 radical (unpaired) electrons. The molecule has 1 saturated heterocycles. The second-order valence-electron chi connectivity index (χ2n) is 5.44. The SMILES string of the molecule is Cc1cccc(C(=O)N2CCNCC2c2cccc(F)c2)n1.Cl.Cl. The molecule has 1 fully saturated rings. The zero-order valence-electron chi connectivity index (χ0n) is 13.2. The molecule has 0 spiro atoms. The first kappa shape index (κ1) is 20.4. The van der Waals surface area contributed by atoms with E-state index in [1.807, 2.05) is 25.1 Å². The molecule has 2 aromatic rings. The Bertz CT molecular complexity index is 699. The van der Waals surface area contributed by atoms with Gasteiger partial charge in [0.05, 0.1) is 6.04 Å². The van der Waals surface area contributed by atoms with Gasteiger partial charge in [0.25, 0.3) is 5.91 Å². The fourth-order valence-electron chi connectivity index (χ4n) is 2.77. The fourth-order valence-corrected chi connectivity index (χ4v) is 2.77. The van der Waals surface area contributed by atoms with Gasteiger partial charge < -0.3 is 10.2 Å². The van der Waals surface area contributed by atoms with Crippen LogP contribution in [0.25, 0.3) is 0 Å². The van der Waals surface area contributed by atoms with Gasteiger partial charge in [0, 0.05) is 25.3 Å². The molecule has 7 heteroatoms. The molecular weight excluding hydrogens is 352 g/mol. The molecule has 0 saturated carbocycles. The van der Waals surface area contributed by atoms with Crippen molar-refractivity contribution >= 4 is 30.7 Å². The number of aromatic nitrogens is 1. The number of aryl methyl sites for hydroxylation is 1. The van der Waals surface area contributed by atoms with E-state index >= 15 is 0 Å². The first-order valence-corrected chi connectivity index (χ1v) is 7.36. The number of amides is 1. The van der Waals surface area contributed by atoms with Crippen LogP contribution in [0.5, 0.6) is 0 Å². The number of rotatable bonds is 2. The van der Waals surface area contributed by atoms with Crippen LogP contribution < -0.4 is 5.32 Å². The normalized spacial score (nSPS) is 16.8. The Balaban J connectivity index is 0.00000144. The molecule has 24 heavy (non-hydrogen) atoms. The second-order valence-corrected chi connectivity index (χ2v) is 5.44. The summed E-state index contributed by atoms with van der Waals surface area (Å²) in [5.41, 5.74) is 2.04. The van der Waals surface area contributed by atoms with Crippen LogP contribution in [0.15, 0.2) is 42.5 Å². The number of hydrogen-bond acceptors (Lipinski definition) is 3. The first-order valence-electron chi connectivity index (χ1n) is 7.36. The predicted molar refractivity (Wildman–Crippen MR) is 96.5 cm³/mol. The number of pyridine rings is 1. The van der Waals surface area contributed by atoms with Gasteiger partial charge in [-0.25, -0.2) is 9.37 Å². The highest BCUT2D eigenvalue weighted by molar-refractivity contribution is 5.92. The van der Waals surface area contributed by atoms with E-state index < -0.39 is 0 Å². The maximum Gasteiger partial charge on any atom is 0.273 e.